The van der Waals surface area contributed by atoms with Crippen LogP contribution in [0, 0.1) is 23.5 Å². The first kappa shape index (κ1) is 18.9. The lowest BCUT2D eigenvalue weighted by molar-refractivity contribution is -0.144. The van der Waals surface area contributed by atoms with Crippen molar-refractivity contribution in [3.63, 3.8) is 0 Å². The molecule has 5 nitrogen and oxygen atoms in total. The first-order valence-electron chi connectivity index (χ1n) is 9.26. The van der Waals surface area contributed by atoms with Gasteiger partial charge >= 0.3 is 5.92 Å². The minimum Gasteiger partial charge on any atom is -0.355 e. The number of fused-ring (bicyclic) bond motifs is 2. The number of alkyl halides is 2. The third kappa shape index (κ3) is 3.62. The largest absolute Gasteiger partial charge is 0.355 e. The average molecular weight is 396 g/mol. The molecule has 1 saturated carbocycles. The molecular formula is C19H20F4N4O. The molecule has 28 heavy (non-hydrogen) atoms. The Morgan fingerprint density at radius 3 is 2.54 bits per heavy atom. The summed E-state index contributed by atoms with van der Waals surface area (Å²) in [7, 11) is 0. The van der Waals surface area contributed by atoms with Crippen LogP contribution in [0.5, 0.6) is 0 Å². The van der Waals surface area contributed by atoms with Crippen molar-refractivity contribution < 1.29 is 22.4 Å². The number of carbonyl (C=O) groups is 1. The van der Waals surface area contributed by atoms with Gasteiger partial charge in [0.15, 0.2) is 11.6 Å². The van der Waals surface area contributed by atoms with Crippen molar-refractivity contribution in [3.8, 4) is 0 Å². The molecule has 1 aliphatic carbocycles. The fraction of sp³-hybridized carbons (Fsp3) is 0.526. The van der Waals surface area contributed by atoms with Crippen LogP contribution in [0.2, 0.25) is 0 Å². The normalized spacial score (nSPS) is 25.0. The van der Waals surface area contributed by atoms with Gasteiger partial charge in [-0.1, -0.05) is 0 Å². The van der Waals surface area contributed by atoms with E-state index in [9.17, 15) is 22.4 Å². The van der Waals surface area contributed by atoms with Crippen LogP contribution in [0.15, 0.2) is 18.3 Å². The zero-order chi connectivity index (χ0) is 20.1. The molecule has 1 amide bonds. The highest BCUT2D eigenvalue weighted by Crippen LogP contribution is 2.38. The van der Waals surface area contributed by atoms with E-state index in [2.05, 4.69) is 15.3 Å². The van der Waals surface area contributed by atoms with Gasteiger partial charge in [0.05, 0.1) is 17.2 Å². The molecule has 2 fully saturated rings. The second-order valence-electron chi connectivity index (χ2n) is 7.78. The van der Waals surface area contributed by atoms with Crippen molar-refractivity contribution in [2.24, 2.45) is 11.8 Å². The van der Waals surface area contributed by atoms with Gasteiger partial charge < -0.3 is 10.2 Å². The van der Waals surface area contributed by atoms with Crippen molar-refractivity contribution >= 4 is 22.8 Å². The molecular weight excluding hydrogens is 376 g/mol. The molecule has 0 radical (unpaired) electrons. The van der Waals surface area contributed by atoms with Gasteiger partial charge in [0.1, 0.15) is 5.82 Å². The lowest BCUT2D eigenvalue weighted by Gasteiger charge is -2.31. The summed E-state index contributed by atoms with van der Waals surface area (Å²) in [5.41, 5.74) is 0.559. The van der Waals surface area contributed by atoms with Crippen LogP contribution in [0.1, 0.15) is 26.2 Å². The maximum absolute atomic E-state index is 13.5. The van der Waals surface area contributed by atoms with E-state index in [-0.39, 0.29) is 23.0 Å². The lowest BCUT2D eigenvalue weighted by Crippen LogP contribution is -2.46. The molecule has 1 aromatic carbocycles. The van der Waals surface area contributed by atoms with E-state index in [0.717, 1.165) is 25.1 Å². The predicted octanol–water partition coefficient (Wildman–Crippen LogP) is 3.28. The maximum atomic E-state index is 13.5. The Morgan fingerprint density at radius 2 is 1.82 bits per heavy atom. The zero-order valence-corrected chi connectivity index (χ0v) is 15.3. The third-order valence-electron chi connectivity index (χ3n) is 5.68. The van der Waals surface area contributed by atoms with E-state index in [4.69, 9.17) is 0 Å². The van der Waals surface area contributed by atoms with Gasteiger partial charge in [0.25, 0.3) is 5.91 Å². The quantitative estimate of drug-likeness (QED) is 0.809. The van der Waals surface area contributed by atoms with Crippen LogP contribution in [0.3, 0.4) is 0 Å². The van der Waals surface area contributed by atoms with Crippen LogP contribution in [-0.4, -0.2) is 40.9 Å². The second-order valence-corrected chi connectivity index (χ2v) is 7.78. The number of rotatable bonds is 3. The monoisotopic (exact) mass is 396 g/mol. The molecule has 0 spiro atoms. The van der Waals surface area contributed by atoms with Crippen molar-refractivity contribution in [2.45, 2.75) is 38.2 Å². The van der Waals surface area contributed by atoms with Crippen molar-refractivity contribution in [1.82, 2.24) is 15.3 Å². The summed E-state index contributed by atoms with van der Waals surface area (Å²) in [6.07, 6.45) is 3.64. The molecule has 1 saturated heterocycles. The highest BCUT2D eigenvalue weighted by atomic mass is 19.3. The number of anilines is 1. The molecule has 4 rings (SSSR count). The van der Waals surface area contributed by atoms with Gasteiger partial charge in [0, 0.05) is 38.2 Å². The summed E-state index contributed by atoms with van der Waals surface area (Å²) in [5, 5.41) is 2.45. The van der Waals surface area contributed by atoms with E-state index in [1.54, 1.807) is 0 Å². The Bertz CT molecular complexity index is 917. The smallest absolute Gasteiger partial charge is 0.321 e. The summed E-state index contributed by atoms with van der Waals surface area (Å²) in [5.74, 6) is -5.36. The number of carbonyl (C=O) groups excluding carboxylic acids is 1. The molecule has 9 heteroatoms. The molecule has 1 N–H and O–H groups in total. The first-order valence-corrected chi connectivity index (χ1v) is 9.26. The third-order valence-corrected chi connectivity index (χ3v) is 5.68. The lowest BCUT2D eigenvalue weighted by atomic mass is 9.79. The number of benzene rings is 1. The van der Waals surface area contributed by atoms with Crippen LogP contribution < -0.4 is 10.2 Å². The molecule has 2 heterocycles. The SMILES string of the molecule is CC(F)(F)C(=O)NC1CCC2CN(c3cnc4cc(F)c(F)cc4n3)CC2C1. The molecule has 2 aromatic rings. The van der Waals surface area contributed by atoms with E-state index >= 15 is 0 Å². The molecule has 3 unspecified atom stereocenters. The van der Waals surface area contributed by atoms with Crippen LogP contribution >= 0.6 is 0 Å². The summed E-state index contributed by atoms with van der Waals surface area (Å²) in [4.78, 5) is 22.1. The zero-order valence-electron chi connectivity index (χ0n) is 15.3. The molecule has 150 valence electrons. The van der Waals surface area contributed by atoms with Crippen LogP contribution in [-0.2, 0) is 4.79 Å². The van der Waals surface area contributed by atoms with Crippen molar-refractivity contribution in [2.75, 3.05) is 18.0 Å². The van der Waals surface area contributed by atoms with Crippen molar-refractivity contribution in [3.05, 3.63) is 30.0 Å². The maximum Gasteiger partial charge on any atom is 0.321 e. The number of nitrogens with zero attached hydrogens (tertiary/aromatic N) is 3. The summed E-state index contributed by atoms with van der Waals surface area (Å²) in [6, 6.07) is 1.78. The fourth-order valence-corrected chi connectivity index (χ4v) is 4.21. The molecule has 1 aliphatic heterocycles. The van der Waals surface area contributed by atoms with Gasteiger partial charge in [-0.3, -0.25) is 9.78 Å². The van der Waals surface area contributed by atoms with Gasteiger partial charge in [-0.25, -0.2) is 13.8 Å². The predicted molar refractivity (Wildman–Crippen MR) is 95.0 cm³/mol. The molecule has 2 aliphatic rings. The Hall–Kier alpha value is -2.45. The van der Waals surface area contributed by atoms with E-state index in [1.165, 1.54) is 6.20 Å². The summed E-state index contributed by atoms with van der Waals surface area (Å²) in [6.45, 7) is 1.99. The number of nitrogens with one attached hydrogen (secondary N) is 1. The van der Waals surface area contributed by atoms with Crippen molar-refractivity contribution in [1.29, 1.82) is 0 Å². The van der Waals surface area contributed by atoms with E-state index < -0.39 is 23.5 Å². The van der Waals surface area contributed by atoms with Crippen LogP contribution in [0.25, 0.3) is 11.0 Å². The Morgan fingerprint density at radius 1 is 1.14 bits per heavy atom. The van der Waals surface area contributed by atoms with Gasteiger partial charge in [-0.05, 0) is 31.1 Å². The van der Waals surface area contributed by atoms with Gasteiger partial charge in [0.2, 0.25) is 0 Å². The minimum absolute atomic E-state index is 0.243. The fourth-order valence-electron chi connectivity index (χ4n) is 4.21. The molecule has 0 bridgehead atoms. The second kappa shape index (κ2) is 6.86. The number of hydrogen-bond acceptors (Lipinski definition) is 4. The van der Waals surface area contributed by atoms with E-state index in [0.29, 0.717) is 38.0 Å². The van der Waals surface area contributed by atoms with Crippen LogP contribution in [0.4, 0.5) is 23.4 Å². The summed E-state index contributed by atoms with van der Waals surface area (Å²) < 4.78 is 53.0. The molecule has 3 atom stereocenters. The number of aromatic nitrogens is 2. The number of amides is 1. The van der Waals surface area contributed by atoms with Gasteiger partial charge in [-0.2, -0.15) is 8.78 Å². The van der Waals surface area contributed by atoms with E-state index in [1.807, 2.05) is 4.90 Å². The van der Waals surface area contributed by atoms with Gasteiger partial charge in [-0.15, -0.1) is 0 Å². The standard InChI is InChI=1S/C19H20F4N4O/c1-19(22,23)18(28)25-12-3-2-10-8-27(9-11(10)4-12)17-7-24-15-5-13(20)14(21)6-16(15)26-17/h5-7,10-12H,2-4,8-9H2,1H3,(H,25,28). The first-order chi connectivity index (χ1) is 13.2. The molecule has 1 aromatic heterocycles. The highest BCUT2D eigenvalue weighted by molar-refractivity contribution is 5.83. The summed E-state index contributed by atoms with van der Waals surface area (Å²) >= 11 is 0. The average Bonchev–Trinajstić information content (AvgIpc) is 3.05. The topological polar surface area (TPSA) is 58.1 Å². The highest BCUT2D eigenvalue weighted by Gasteiger charge is 2.40. The number of halogens is 4. The number of hydrogen-bond donors (Lipinski definition) is 1. The Kier molecular flexibility index (Phi) is 4.63. The minimum atomic E-state index is -3.38. The Labute approximate surface area is 159 Å². The Balaban J connectivity index is 1.46.